The fraction of sp³-hybridized carbons (Fsp3) is 0.227. The molecule has 3 heterocycles. The minimum absolute atomic E-state index is 0.236. The van der Waals surface area contributed by atoms with Gasteiger partial charge in [0.15, 0.2) is 0 Å². The number of thiophene rings is 1. The van der Waals surface area contributed by atoms with Crippen molar-refractivity contribution in [1.82, 2.24) is 14.6 Å². The van der Waals surface area contributed by atoms with Crippen molar-refractivity contribution in [1.29, 1.82) is 5.26 Å². The maximum absolute atomic E-state index is 13.1. The number of aromatic nitrogens is 1. The molecule has 3 aromatic rings. The zero-order valence-electron chi connectivity index (χ0n) is 17.4. The Morgan fingerprint density at radius 3 is 2.45 bits per heavy atom. The molecule has 0 saturated carbocycles. The van der Waals surface area contributed by atoms with Crippen LogP contribution < -0.4 is 10.2 Å². The number of hydrogen-bond acceptors (Lipinski definition) is 7. The molecular formula is C22H20ClN5O3S2. The van der Waals surface area contributed by atoms with Crippen molar-refractivity contribution in [2.45, 2.75) is 10.8 Å². The molecule has 11 heteroatoms. The van der Waals surface area contributed by atoms with Gasteiger partial charge in [0.05, 0.1) is 12.1 Å². The summed E-state index contributed by atoms with van der Waals surface area (Å²) < 4.78 is 27.9. The number of amides is 1. The van der Waals surface area contributed by atoms with Crippen molar-refractivity contribution in [3.63, 3.8) is 0 Å². The molecule has 1 aliphatic heterocycles. The Morgan fingerprint density at radius 2 is 1.82 bits per heavy atom. The number of pyridine rings is 1. The highest BCUT2D eigenvalue weighted by Crippen LogP contribution is 2.26. The number of halogens is 1. The van der Waals surface area contributed by atoms with Gasteiger partial charge in [-0.1, -0.05) is 11.6 Å². The summed E-state index contributed by atoms with van der Waals surface area (Å²) in [4.78, 5) is 19.3. The van der Waals surface area contributed by atoms with E-state index in [0.717, 1.165) is 22.0 Å². The van der Waals surface area contributed by atoms with Crippen molar-refractivity contribution in [3.05, 3.63) is 75.8 Å². The maximum atomic E-state index is 13.1. The van der Waals surface area contributed by atoms with Crippen LogP contribution >= 0.6 is 22.9 Å². The lowest BCUT2D eigenvalue weighted by Gasteiger charge is -2.34. The summed E-state index contributed by atoms with van der Waals surface area (Å²) in [6.07, 6.45) is 1.51. The van der Waals surface area contributed by atoms with E-state index in [0.29, 0.717) is 42.3 Å². The summed E-state index contributed by atoms with van der Waals surface area (Å²) in [5.74, 6) is 0.470. The van der Waals surface area contributed by atoms with Crippen LogP contribution in [0.2, 0.25) is 5.02 Å². The highest BCUT2D eigenvalue weighted by molar-refractivity contribution is 7.91. The minimum Gasteiger partial charge on any atom is -0.354 e. The Labute approximate surface area is 201 Å². The zero-order valence-corrected chi connectivity index (χ0v) is 19.8. The van der Waals surface area contributed by atoms with Crippen molar-refractivity contribution in [2.24, 2.45) is 0 Å². The lowest BCUT2D eigenvalue weighted by atomic mass is 10.2. The number of carbonyl (C=O) groups is 1. The van der Waals surface area contributed by atoms with Crippen LogP contribution in [0.4, 0.5) is 5.82 Å². The molecule has 1 fully saturated rings. The van der Waals surface area contributed by atoms with Crippen LogP contribution in [0.5, 0.6) is 0 Å². The third-order valence-electron chi connectivity index (χ3n) is 5.20. The van der Waals surface area contributed by atoms with Gasteiger partial charge in [0.2, 0.25) is 0 Å². The summed E-state index contributed by atoms with van der Waals surface area (Å²) >= 11 is 6.99. The second kappa shape index (κ2) is 9.89. The molecule has 0 bridgehead atoms. The van der Waals surface area contributed by atoms with E-state index >= 15 is 0 Å². The molecule has 170 valence electrons. The molecule has 0 unspecified atom stereocenters. The fourth-order valence-electron chi connectivity index (χ4n) is 3.39. The number of piperazine rings is 1. The number of hydrogen-bond donors (Lipinski definition) is 1. The fourth-order valence-corrected chi connectivity index (χ4v) is 6.38. The molecular weight excluding hydrogens is 482 g/mol. The maximum Gasteiger partial charge on any atom is 0.252 e. The molecule has 1 aromatic carbocycles. The molecule has 33 heavy (non-hydrogen) atoms. The average molecular weight is 502 g/mol. The molecule has 0 radical (unpaired) electrons. The molecule has 0 aliphatic carbocycles. The molecule has 0 spiro atoms. The van der Waals surface area contributed by atoms with Gasteiger partial charge in [0.1, 0.15) is 16.1 Å². The van der Waals surface area contributed by atoms with E-state index in [1.54, 1.807) is 48.5 Å². The minimum atomic E-state index is -3.62. The van der Waals surface area contributed by atoms with E-state index in [1.807, 2.05) is 11.0 Å². The predicted octanol–water partition coefficient (Wildman–Crippen LogP) is 3.11. The highest BCUT2D eigenvalue weighted by atomic mass is 35.5. The number of carbonyl (C=O) groups excluding carboxylic acids is 1. The van der Waals surface area contributed by atoms with Crippen molar-refractivity contribution < 1.29 is 13.2 Å². The Hall–Kier alpha value is -2.97. The van der Waals surface area contributed by atoms with Crippen molar-refractivity contribution in [3.8, 4) is 6.07 Å². The van der Waals surface area contributed by atoms with Gasteiger partial charge >= 0.3 is 0 Å². The van der Waals surface area contributed by atoms with Crippen LogP contribution in [-0.4, -0.2) is 49.8 Å². The normalized spacial score (nSPS) is 14.6. The molecule has 1 amide bonds. The van der Waals surface area contributed by atoms with E-state index in [9.17, 15) is 13.2 Å². The predicted molar refractivity (Wildman–Crippen MR) is 127 cm³/mol. The van der Waals surface area contributed by atoms with Gasteiger partial charge in [-0.25, -0.2) is 13.4 Å². The number of sulfonamides is 1. The van der Waals surface area contributed by atoms with E-state index in [2.05, 4.69) is 10.3 Å². The molecule has 1 saturated heterocycles. The first-order valence-electron chi connectivity index (χ1n) is 10.1. The number of nitrogens with one attached hydrogen (secondary N) is 1. The zero-order chi connectivity index (χ0) is 23.4. The van der Waals surface area contributed by atoms with E-state index in [-0.39, 0.29) is 16.7 Å². The Morgan fingerprint density at radius 1 is 1.09 bits per heavy atom. The number of anilines is 1. The first-order chi connectivity index (χ1) is 15.9. The van der Waals surface area contributed by atoms with Gasteiger partial charge in [-0.15, -0.1) is 11.3 Å². The first-order valence-corrected chi connectivity index (χ1v) is 12.7. The van der Waals surface area contributed by atoms with Gasteiger partial charge in [0.25, 0.3) is 15.9 Å². The number of nitrogens with zero attached hydrogens (tertiary/aromatic N) is 4. The first kappa shape index (κ1) is 23.2. The number of nitriles is 1. The summed E-state index contributed by atoms with van der Waals surface area (Å²) in [5.41, 5.74) is 0.969. The Kier molecular flexibility index (Phi) is 6.95. The van der Waals surface area contributed by atoms with E-state index in [1.165, 1.54) is 10.5 Å². The van der Waals surface area contributed by atoms with Crippen LogP contribution in [0.3, 0.4) is 0 Å². The quantitative estimate of drug-likeness (QED) is 0.556. The molecule has 1 aliphatic rings. The third kappa shape index (κ3) is 5.34. The van der Waals surface area contributed by atoms with Crippen LogP contribution in [0, 0.1) is 11.3 Å². The second-order valence-corrected chi connectivity index (χ2v) is 11.1. The average Bonchev–Trinajstić information content (AvgIpc) is 3.33. The molecule has 2 aromatic heterocycles. The second-order valence-electron chi connectivity index (χ2n) is 7.32. The van der Waals surface area contributed by atoms with Gasteiger partial charge in [0, 0.05) is 47.8 Å². The van der Waals surface area contributed by atoms with Crippen LogP contribution in [0.25, 0.3) is 0 Å². The summed E-state index contributed by atoms with van der Waals surface area (Å²) in [7, 11) is -3.62. The largest absolute Gasteiger partial charge is 0.354 e. The monoisotopic (exact) mass is 501 g/mol. The van der Waals surface area contributed by atoms with Crippen molar-refractivity contribution in [2.75, 3.05) is 31.1 Å². The van der Waals surface area contributed by atoms with Gasteiger partial charge in [-0.3, -0.25) is 4.79 Å². The topological polar surface area (TPSA) is 106 Å². The summed E-state index contributed by atoms with van der Waals surface area (Å²) in [6.45, 7) is 1.93. The molecule has 0 atom stereocenters. The number of rotatable bonds is 6. The highest BCUT2D eigenvalue weighted by Gasteiger charge is 2.30. The Balaban J connectivity index is 1.35. The Bertz CT molecular complexity index is 1280. The lowest BCUT2D eigenvalue weighted by molar-refractivity contribution is 0.0951. The summed E-state index contributed by atoms with van der Waals surface area (Å²) in [6, 6.07) is 15.4. The van der Waals surface area contributed by atoms with E-state index in [4.69, 9.17) is 16.9 Å². The van der Waals surface area contributed by atoms with Gasteiger partial charge < -0.3 is 10.2 Å². The standard InChI is InChI=1S/C22H20ClN5O3S2/c23-18-4-2-17(3-5-18)22(29)26-15-19-6-8-21(32-19)33(30,31)28-11-9-27(10-12-28)20-7-1-16(13-24)14-25-20/h1-8,14H,9-12,15H2,(H,26,29). The summed E-state index contributed by atoms with van der Waals surface area (Å²) in [5, 5.41) is 12.2. The number of benzene rings is 1. The van der Waals surface area contributed by atoms with Crippen LogP contribution in [0.1, 0.15) is 20.8 Å². The third-order valence-corrected chi connectivity index (χ3v) is 8.90. The van der Waals surface area contributed by atoms with Gasteiger partial charge in [-0.2, -0.15) is 9.57 Å². The molecule has 8 nitrogen and oxygen atoms in total. The van der Waals surface area contributed by atoms with Gasteiger partial charge in [-0.05, 0) is 48.5 Å². The van der Waals surface area contributed by atoms with Crippen molar-refractivity contribution >= 4 is 44.7 Å². The smallest absolute Gasteiger partial charge is 0.252 e. The van der Waals surface area contributed by atoms with Crippen LogP contribution in [0.15, 0.2) is 58.9 Å². The lowest BCUT2D eigenvalue weighted by Crippen LogP contribution is -2.48. The van der Waals surface area contributed by atoms with Crippen LogP contribution in [-0.2, 0) is 16.6 Å². The SMILES string of the molecule is N#Cc1ccc(N2CCN(S(=O)(=O)c3ccc(CNC(=O)c4ccc(Cl)cc4)s3)CC2)nc1. The molecule has 1 N–H and O–H groups in total. The molecule has 4 rings (SSSR count). The van der Waals surface area contributed by atoms with E-state index < -0.39 is 10.0 Å².